The molecule has 0 aliphatic heterocycles. The Morgan fingerprint density at radius 2 is 2.35 bits per heavy atom. The SMILES string of the molecule is CCCC1CC1NS(=O)(=O)c1csc(CO)c1. The van der Waals surface area contributed by atoms with Gasteiger partial charge < -0.3 is 5.11 Å². The van der Waals surface area contributed by atoms with Gasteiger partial charge in [0.2, 0.25) is 10.0 Å². The molecule has 2 rings (SSSR count). The van der Waals surface area contributed by atoms with Crippen LogP contribution in [0.2, 0.25) is 0 Å². The van der Waals surface area contributed by atoms with Gasteiger partial charge >= 0.3 is 0 Å². The summed E-state index contributed by atoms with van der Waals surface area (Å²) in [7, 11) is -3.39. The third-order valence-corrected chi connectivity index (χ3v) is 5.52. The minimum atomic E-state index is -3.39. The summed E-state index contributed by atoms with van der Waals surface area (Å²) in [6, 6.07) is 1.64. The van der Waals surface area contributed by atoms with Gasteiger partial charge in [0, 0.05) is 16.3 Å². The summed E-state index contributed by atoms with van der Waals surface area (Å²) in [5, 5.41) is 10.5. The summed E-state index contributed by atoms with van der Waals surface area (Å²) in [5.74, 6) is 0.505. The van der Waals surface area contributed by atoms with E-state index in [1.54, 1.807) is 5.38 Å². The van der Waals surface area contributed by atoms with E-state index in [2.05, 4.69) is 11.6 Å². The molecule has 0 aromatic carbocycles. The first-order chi connectivity index (χ1) is 8.06. The molecule has 0 radical (unpaired) electrons. The van der Waals surface area contributed by atoms with E-state index in [1.807, 2.05) is 0 Å². The van der Waals surface area contributed by atoms with Gasteiger partial charge in [-0.2, -0.15) is 0 Å². The fourth-order valence-electron chi connectivity index (χ4n) is 1.93. The first-order valence-corrected chi connectivity index (χ1v) is 8.13. The maximum absolute atomic E-state index is 12.0. The summed E-state index contributed by atoms with van der Waals surface area (Å²) >= 11 is 1.27. The fraction of sp³-hybridized carbons (Fsp3) is 0.636. The van der Waals surface area contributed by atoms with E-state index >= 15 is 0 Å². The normalized spacial score (nSPS) is 23.9. The molecule has 1 aliphatic carbocycles. The lowest BCUT2D eigenvalue weighted by molar-refractivity contribution is 0.285. The molecular weight excluding hydrogens is 258 g/mol. The number of aliphatic hydroxyl groups is 1. The first-order valence-electron chi connectivity index (χ1n) is 5.77. The first kappa shape index (κ1) is 13.0. The molecule has 0 spiro atoms. The highest BCUT2D eigenvalue weighted by Crippen LogP contribution is 2.35. The monoisotopic (exact) mass is 275 g/mol. The molecule has 17 heavy (non-hydrogen) atoms. The predicted molar refractivity (Wildman–Crippen MR) is 67.4 cm³/mol. The van der Waals surface area contributed by atoms with E-state index < -0.39 is 10.0 Å². The number of sulfonamides is 1. The van der Waals surface area contributed by atoms with E-state index in [0.29, 0.717) is 10.8 Å². The molecule has 1 saturated carbocycles. The zero-order valence-corrected chi connectivity index (χ0v) is 11.4. The number of rotatable bonds is 6. The van der Waals surface area contributed by atoms with Gasteiger partial charge in [-0.3, -0.25) is 0 Å². The van der Waals surface area contributed by atoms with Crippen LogP contribution in [0.4, 0.5) is 0 Å². The minimum Gasteiger partial charge on any atom is -0.391 e. The van der Waals surface area contributed by atoms with Crippen molar-refractivity contribution in [2.24, 2.45) is 5.92 Å². The van der Waals surface area contributed by atoms with Crippen LogP contribution in [0.25, 0.3) is 0 Å². The average molecular weight is 275 g/mol. The van der Waals surface area contributed by atoms with Crippen LogP contribution in [-0.2, 0) is 16.6 Å². The smallest absolute Gasteiger partial charge is 0.241 e. The van der Waals surface area contributed by atoms with Crippen molar-refractivity contribution in [2.75, 3.05) is 0 Å². The Morgan fingerprint density at radius 3 is 2.94 bits per heavy atom. The van der Waals surface area contributed by atoms with Crippen LogP contribution in [0.1, 0.15) is 31.1 Å². The van der Waals surface area contributed by atoms with Gasteiger partial charge in [0.05, 0.1) is 11.5 Å². The highest BCUT2D eigenvalue weighted by molar-refractivity contribution is 7.89. The summed E-state index contributed by atoms with van der Waals surface area (Å²) < 4.78 is 26.7. The number of thiophene rings is 1. The Hall–Kier alpha value is -0.430. The molecule has 2 unspecified atom stereocenters. The number of hydrogen-bond acceptors (Lipinski definition) is 4. The van der Waals surface area contributed by atoms with Gasteiger partial charge in [-0.25, -0.2) is 13.1 Å². The molecule has 1 aromatic rings. The van der Waals surface area contributed by atoms with E-state index in [1.165, 1.54) is 17.4 Å². The van der Waals surface area contributed by atoms with Crippen molar-refractivity contribution in [1.29, 1.82) is 0 Å². The van der Waals surface area contributed by atoms with Crippen LogP contribution in [0.15, 0.2) is 16.3 Å². The van der Waals surface area contributed by atoms with Crippen LogP contribution in [0.5, 0.6) is 0 Å². The largest absolute Gasteiger partial charge is 0.391 e. The Balaban J connectivity index is 2.00. The molecule has 0 amide bonds. The fourth-order valence-corrected chi connectivity index (χ4v) is 4.38. The van der Waals surface area contributed by atoms with E-state index in [4.69, 9.17) is 5.11 Å². The Bertz CT molecular complexity index is 481. The van der Waals surface area contributed by atoms with Gasteiger partial charge in [0.1, 0.15) is 0 Å². The van der Waals surface area contributed by atoms with Crippen LogP contribution in [0.3, 0.4) is 0 Å². The quantitative estimate of drug-likeness (QED) is 0.830. The Kier molecular flexibility index (Phi) is 3.87. The van der Waals surface area contributed by atoms with Crippen LogP contribution < -0.4 is 4.72 Å². The van der Waals surface area contributed by atoms with Crippen molar-refractivity contribution >= 4 is 21.4 Å². The van der Waals surface area contributed by atoms with Crippen LogP contribution in [0, 0.1) is 5.92 Å². The molecule has 4 nitrogen and oxygen atoms in total. The summed E-state index contributed by atoms with van der Waals surface area (Å²) in [5.41, 5.74) is 0. The van der Waals surface area contributed by atoms with Crippen molar-refractivity contribution in [2.45, 2.75) is 43.7 Å². The maximum Gasteiger partial charge on any atom is 0.241 e. The summed E-state index contributed by atoms with van der Waals surface area (Å²) in [6.45, 7) is 2.00. The molecule has 6 heteroatoms. The average Bonchev–Trinajstić information content (AvgIpc) is 2.84. The zero-order valence-electron chi connectivity index (χ0n) is 9.72. The molecule has 2 N–H and O–H groups in total. The number of hydrogen-bond donors (Lipinski definition) is 2. The maximum atomic E-state index is 12.0. The van der Waals surface area contributed by atoms with E-state index in [-0.39, 0.29) is 17.5 Å². The molecule has 1 aliphatic rings. The van der Waals surface area contributed by atoms with Crippen LogP contribution in [-0.4, -0.2) is 19.6 Å². The van der Waals surface area contributed by atoms with Crippen molar-refractivity contribution in [3.8, 4) is 0 Å². The summed E-state index contributed by atoms with van der Waals surface area (Å²) in [4.78, 5) is 0.944. The van der Waals surface area contributed by atoms with E-state index in [0.717, 1.165) is 19.3 Å². The third kappa shape index (κ3) is 3.07. The molecule has 1 fully saturated rings. The van der Waals surface area contributed by atoms with Gasteiger partial charge in [0.15, 0.2) is 0 Å². The second-order valence-electron chi connectivity index (χ2n) is 4.42. The summed E-state index contributed by atoms with van der Waals surface area (Å²) in [6.07, 6.45) is 3.12. The Labute approximate surface area is 106 Å². The standard InChI is InChI=1S/C11H17NO3S2/c1-2-3-8-4-11(8)12-17(14,15)10-5-9(6-13)16-7-10/h5,7-8,11-13H,2-4,6H2,1H3. The van der Waals surface area contributed by atoms with E-state index in [9.17, 15) is 8.42 Å². The second-order valence-corrected chi connectivity index (χ2v) is 7.13. The molecular formula is C11H17NO3S2. The van der Waals surface area contributed by atoms with Crippen molar-refractivity contribution in [1.82, 2.24) is 4.72 Å². The highest BCUT2D eigenvalue weighted by atomic mass is 32.2. The molecule has 0 bridgehead atoms. The third-order valence-electron chi connectivity index (χ3n) is 2.98. The second kappa shape index (κ2) is 5.06. The zero-order chi connectivity index (χ0) is 12.5. The van der Waals surface area contributed by atoms with Crippen molar-refractivity contribution < 1.29 is 13.5 Å². The number of aliphatic hydroxyl groups excluding tert-OH is 1. The predicted octanol–water partition coefficient (Wildman–Crippen LogP) is 1.71. The van der Waals surface area contributed by atoms with Gasteiger partial charge in [0.25, 0.3) is 0 Å². The van der Waals surface area contributed by atoms with Gasteiger partial charge in [-0.15, -0.1) is 11.3 Å². The molecule has 1 heterocycles. The lowest BCUT2D eigenvalue weighted by Crippen LogP contribution is -2.26. The van der Waals surface area contributed by atoms with Crippen molar-refractivity contribution in [3.05, 3.63) is 16.3 Å². The molecule has 2 atom stereocenters. The molecule has 96 valence electrons. The highest BCUT2D eigenvalue weighted by Gasteiger charge is 2.39. The lowest BCUT2D eigenvalue weighted by atomic mass is 10.2. The minimum absolute atomic E-state index is 0.109. The van der Waals surface area contributed by atoms with Crippen molar-refractivity contribution in [3.63, 3.8) is 0 Å². The van der Waals surface area contributed by atoms with Crippen LogP contribution >= 0.6 is 11.3 Å². The number of nitrogens with one attached hydrogen (secondary N) is 1. The van der Waals surface area contributed by atoms with Gasteiger partial charge in [-0.1, -0.05) is 13.3 Å². The molecule has 1 aromatic heterocycles. The van der Waals surface area contributed by atoms with Gasteiger partial charge in [-0.05, 0) is 24.8 Å². The Morgan fingerprint density at radius 1 is 1.59 bits per heavy atom. The lowest BCUT2D eigenvalue weighted by Gasteiger charge is -2.03. The topological polar surface area (TPSA) is 66.4 Å². The molecule has 0 saturated heterocycles.